The van der Waals surface area contributed by atoms with Gasteiger partial charge in [0.25, 0.3) is 0 Å². The maximum absolute atomic E-state index is 11.3. The van der Waals surface area contributed by atoms with Crippen LogP contribution >= 0.6 is 0 Å². The molecule has 1 aromatic rings. The molecule has 5 nitrogen and oxygen atoms in total. The van der Waals surface area contributed by atoms with Crippen molar-refractivity contribution >= 4 is 12.2 Å². The quantitative estimate of drug-likeness (QED) is 0.386. The van der Waals surface area contributed by atoms with Crippen molar-refractivity contribution in [2.75, 3.05) is 0 Å². The molecule has 5 heteroatoms. The monoisotopic (exact) mass is 209 g/mol. The average Bonchev–Trinajstić information content (AvgIpc) is 2.27. The normalized spacial score (nSPS) is 11.8. The molecule has 0 fully saturated rings. The van der Waals surface area contributed by atoms with Gasteiger partial charge in [0.1, 0.15) is 0 Å². The number of aliphatic hydroxyl groups excluding tert-OH is 1. The molecule has 15 heavy (non-hydrogen) atoms. The SMILES string of the molecule is O=CNOC(O)C(=O)Cc1ccccc1. The van der Waals surface area contributed by atoms with E-state index in [4.69, 9.17) is 5.11 Å². The largest absolute Gasteiger partial charge is 0.360 e. The number of carbonyl (C=O) groups is 2. The van der Waals surface area contributed by atoms with Crippen LogP contribution in [-0.4, -0.2) is 23.6 Å². The van der Waals surface area contributed by atoms with Crippen LogP contribution in [-0.2, 0) is 20.8 Å². The van der Waals surface area contributed by atoms with Crippen LogP contribution in [0.1, 0.15) is 5.56 Å². The summed E-state index contributed by atoms with van der Waals surface area (Å²) in [6.45, 7) is 0. The molecule has 0 aliphatic carbocycles. The van der Waals surface area contributed by atoms with E-state index < -0.39 is 12.1 Å². The summed E-state index contributed by atoms with van der Waals surface area (Å²) in [5.74, 6) is -0.518. The second-order valence-electron chi connectivity index (χ2n) is 2.83. The molecule has 0 heterocycles. The van der Waals surface area contributed by atoms with Gasteiger partial charge >= 0.3 is 0 Å². The summed E-state index contributed by atoms with van der Waals surface area (Å²) >= 11 is 0. The fourth-order valence-corrected chi connectivity index (χ4v) is 1.04. The van der Waals surface area contributed by atoms with Gasteiger partial charge in [-0.2, -0.15) is 0 Å². The number of Topliss-reactive ketones (excluding diaryl/α,β-unsaturated/α-hetero) is 1. The topological polar surface area (TPSA) is 75.6 Å². The molecule has 80 valence electrons. The lowest BCUT2D eigenvalue weighted by Crippen LogP contribution is -2.31. The molecule has 2 N–H and O–H groups in total. The van der Waals surface area contributed by atoms with Crippen molar-refractivity contribution in [1.82, 2.24) is 5.48 Å². The predicted molar refractivity (Wildman–Crippen MR) is 51.4 cm³/mol. The first kappa shape index (κ1) is 11.4. The molecular formula is C10H11NO4. The Kier molecular flexibility index (Phi) is 4.46. The molecule has 1 aromatic carbocycles. The lowest BCUT2D eigenvalue weighted by Gasteiger charge is -2.08. The van der Waals surface area contributed by atoms with Gasteiger partial charge in [0.15, 0.2) is 5.78 Å². The fraction of sp³-hybridized carbons (Fsp3) is 0.200. The van der Waals surface area contributed by atoms with Crippen LogP contribution in [0, 0.1) is 0 Å². The first-order valence-corrected chi connectivity index (χ1v) is 4.33. The zero-order chi connectivity index (χ0) is 11.1. The highest BCUT2D eigenvalue weighted by Gasteiger charge is 2.15. The number of carbonyl (C=O) groups excluding carboxylic acids is 2. The van der Waals surface area contributed by atoms with Gasteiger partial charge in [0.05, 0.1) is 0 Å². The minimum absolute atomic E-state index is 0.0581. The Hall–Kier alpha value is -1.72. The third-order valence-electron chi connectivity index (χ3n) is 1.72. The minimum atomic E-state index is -1.63. The first-order chi connectivity index (χ1) is 7.24. The Morgan fingerprint density at radius 3 is 2.73 bits per heavy atom. The number of hydroxylamine groups is 1. The molecule has 0 spiro atoms. The van der Waals surface area contributed by atoms with E-state index in [1.807, 2.05) is 6.07 Å². The molecule has 1 unspecified atom stereocenters. The van der Waals surface area contributed by atoms with Crippen molar-refractivity contribution in [2.45, 2.75) is 12.7 Å². The number of nitrogens with one attached hydrogen (secondary N) is 1. The van der Waals surface area contributed by atoms with E-state index in [2.05, 4.69) is 4.84 Å². The molecule has 0 aliphatic rings. The van der Waals surface area contributed by atoms with E-state index in [1.165, 1.54) is 0 Å². The van der Waals surface area contributed by atoms with Crippen LogP contribution in [0.15, 0.2) is 30.3 Å². The maximum Gasteiger partial charge on any atom is 0.240 e. The molecule has 0 bridgehead atoms. The average molecular weight is 209 g/mol. The second kappa shape index (κ2) is 5.90. The second-order valence-corrected chi connectivity index (χ2v) is 2.83. The summed E-state index contributed by atoms with van der Waals surface area (Å²) in [4.78, 5) is 25.4. The lowest BCUT2D eigenvalue weighted by atomic mass is 10.1. The summed E-state index contributed by atoms with van der Waals surface area (Å²) < 4.78 is 0. The van der Waals surface area contributed by atoms with Gasteiger partial charge < -0.3 is 5.11 Å². The van der Waals surface area contributed by atoms with Gasteiger partial charge in [-0.05, 0) is 5.56 Å². The molecule has 1 amide bonds. The molecule has 0 aliphatic heterocycles. The van der Waals surface area contributed by atoms with Gasteiger partial charge in [0.2, 0.25) is 12.7 Å². The highest BCUT2D eigenvalue weighted by atomic mass is 16.7. The van der Waals surface area contributed by atoms with Crippen molar-refractivity contribution < 1.29 is 19.5 Å². The Morgan fingerprint density at radius 2 is 2.13 bits per heavy atom. The Labute approximate surface area is 86.6 Å². The van der Waals surface area contributed by atoms with Gasteiger partial charge in [0, 0.05) is 6.42 Å². The summed E-state index contributed by atoms with van der Waals surface area (Å²) in [5, 5.41) is 9.12. The van der Waals surface area contributed by atoms with Gasteiger partial charge in [-0.15, -0.1) is 0 Å². The maximum atomic E-state index is 11.3. The number of rotatable bonds is 6. The van der Waals surface area contributed by atoms with Gasteiger partial charge in [-0.25, -0.2) is 10.3 Å². The van der Waals surface area contributed by atoms with Gasteiger partial charge in [-0.1, -0.05) is 30.3 Å². The van der Waals surface area contributed by atoms with Gasteiger partial charge in [-0.3, -0.25) is 9.59 Å². The highest BCUT2D eigenvalue weighted by molar-refractivity contribution is 5.83. The van der Waals surface area contributed by atoms with E-state index in [-0.39, 0.29) is 12.8 Å². The number of amides is 1. The fourth-order valence-electron chi connectivity index (χ4n) is 1.04. The summed E-state index contributed by atoms with van der Waals surface area (Å²) in [5.41, 5.74) is 2.54. The summed E-state index contributed by atoms with van der Waals surface area (Å²) in [7, 11) is 0. The number of hydrogen-bond donors (Lipinski definition) is 2. The minimum Gasteiger partial charge on any atom is -0.360 e. The number of hydrogen-bond acceptors (Lipinski definition) is 4. The van der Waals surface area contributed by atoms with Crippen molar-refractivity contribution in [2.24, 2.45) is 0 Å². The number of aliphatic hydroxyl groups is 1. The van der Waals surface area contributed by atoms with Crippen molar-refractivity contribution in [3.63, 3.8) is 0 Å². The zero-order valence-corrected chi connectivity index (χ0v) is 7.92. The molecule has 0 radical (unpaired) electrons. The van der Waals surface area contributed by atoms with Crippen molar-refractivity contribution in [1.29, 1.82) is 0 Å². The van der Waals surface area contributed by atoms with E-state index >= 15 is 0 Å². The van der Waals surface area contributed by atoms with E-state index in [0.29, 0.717) is 0 Å². The van der Waals surface area contributed by atoms with Crippen LogP contribution < -0.4 is 5.48 Å². The van der Waals surface area contributed by atoms with E-state index in [1.54, 1.807) is 29.7 Å². The molecule has 0 saturated carbocycles. The number of ketones is 1. The third-order valence-corrected chi connectivity index (χ3v) is 1.72. The van der Waals surface area contributed by atoms with Crippen LogP contribution in [0.25, 0.3) is 0 Å². The standard InChI is InChI=1S/C10H11NO4/c12-7-11-15-10(14)9(13)6-8-4-2-1-3-5-8/h1-5,7,10,14H,6H2,(H,11,12). The molecule has 0 saturated heterocycles. The Bertz CT molecular complexity index is 325. The van der Waals surface area contributed by atoms with Crippen LogP contribution in [0.4, 0.5) is 0 Å². The highest BCUT2D eigenvalue weighted by Crippen LogP contribution is 2.02. The third kappa shape index (κ3) is 3.88. The lowest BCUT2D eigenvalue weighted by molar-refractivity contribution is -0.172. The summed E-state index contributed by atoms with van der Waals surface area (Å²) in [6.07, 6.45) is -1.34. The predicted octanol–water partition coefficient (Wildman–Crippen LogP) is -0.206. The molecule has 1 rings (SSSR count). The molecular weight excluding hydrogens is 198 g/mol. The van der Waals surface area contributed by atoms with Crippen LogP contribution in [0.2, 0.25) is 0 Å². The summed E-state index contributed by atoms with van der Waals surface area (Å²) in [6, 6.07) is 8.93. The number of benzene rings is 1. The molecule has 1 atom stereocenters. The van der Waals surface area contributed by atoms with E-state index in [9.17, 15) is 9.59 Å². The molecule has 0 aromatic heterocycles. The van der Waals surface area contributed by atoms with Crippen molar-refractivity contribution in [3.05, 3.63) is 35.9 Å². The smallest absolute Gasteiger partial charge is 0.240 e. The van der Waals surface area contributed by atoms with Crippen molar-refractivity contribution in [3.8, 4) is 0 Å². The van der Waals surface area contributed by atoms with E-state index in [0.717, 1.165) is 5.56 Å². The first-order valence-electron chi connectivity index (χ1n) is 4.33. The zero-order valence-electron chi connectivity index (χ0n) is 7.92. The van der Waals surface area contributed by atoms with Crippen LogP contribution in [0.5, 0.6) is 0 Å². The Morgan fingerprint density at radius 1 is 1.47 bits per heavy atom. The van der Waals surface area contributed by atoms with Crippen LogP contribution in [0.3, 0.4) is 0 Å². The Balaban J connectivity index is 2.45.